The molecule has 0 atom stereocenters. The van der Waals surface area contributed by atoms with Gasteiger partial charge in [0.2, 0.25) is 0 Å². The van der Waals surface area contributed by atoms with Gasteiger partial charge in [-0.2, -0.15) is 0 Å². The maximum atomic E-state index is 5.24. The molecule has 12 aromatic rings. The van der Waals surface area contributed by atoms with E-state index in [1.54, 1.807) is 0 Å². The zero-order chi connectivity index (χ0) is 41.7. The molecule has 0 N–H and O–H groups in total. The second-order valence-electron chi connectivity index (χ2n) is 15.9. The lowest BCUT2D eigenvalue weighted by molar-refractivity contribution is 1.07. The SMILES string of the molecule is c1ccc(-c2nc(-c3ccccc3)nc(-c3ccc(-c4ccc(-c5ccc6c7cc8c(-c9ccccc9)nc9ccccc9c8cc7n(-c7ccccc7)c6c5)cc4)cc3)n2)cc1. The Labute approximate surface area is 364 Å². The highest BCUT2D eigenvalue weighted by Crippen LogP contribution is 2.41. The van der Waals surface area contributed by atoms with E-state index in [9.17, 15) is 0 Å². The molecule has 0 radical (unpaired) electrons. The molecule has 0 amide bonds. The van der Waals surface area contributed by atoms with Crippen molar-refractivity contribution in [2.24, 2.45) is 0 Å². The average Bonchev–Trinajstić information content (AvgIpc) is 3.69. The molecule has 0 saturated heterocycles. The molecule has 0 bridgehead atoms. The van der Waals surface area contributed by atoms with Gasteiger partial charge in [-0.1, -0.05) is 188 Å². The van der Waals surface area contributed by atoms with Crippen molar-refractivity contribution >= 4 is 43.5 Å². The van der Waals surface area contributed by atoms with Crippen molar-refractivity contribution < 1.29 is 0 Å². The monoisotopic (exact) mass is 803 g/mol. The lowest BCUT2D eigenvalue weighted by Crippen LogP contribution is -2.00. The number of fused-ring (bicyclic) bond motifs is 6. The first kappa shape index (κ1) is 36.3. The number of aromatic nitrogens is 5. The smallest absolute Gasteiger partial charge is 0.164 e. The van der Waals surface area contributed by atoms with Gasteiger partial charge in [0.1, 0.15) is 0 Å². The number of hydrogen-bond acceptors (Lipinski definition) is 4. The van der Waals surface area contributed by atoms with E-state index >= 15 is 0 Å². The van der Waals surface area contributed by atoms with Crippen molar-refractivity contribution in [1.29, 1.82) is 0 Å². The molecule has 3 aromatic heterocycles. The van der Waals surface area contributed by atoms with Crippen molar-refractivity contribution in [1.82, 2.24) is 24.5 Å². The third-order valence-corrected chi connectivity index (χ3v) is 12.0. The molecule has 0 saturated carbocycles. The zero-order valence-electron chi connectivity index (χ0n) is 34.1. The Morgan fingerprint density at radius 1 is 0.254 bits per heavy atom. The summed E-state index contributed by atoms with van der Waals surface area (Å²) in [6.45, 7) is 0. The van der Waals surface area contributed by atoms with Crippen LogP contribution in [-0.4, -0.2) is 24.5 Å². The van der Waals surface area contributed by atoms with Gasteiger partial charge < -0.3 is 4.57 Å². The Morgan fingerprint density at radius 2 is 0.698 bits per heavy atom. The average molecular weight is 804 g/mol. The minimum absolute atomic E-state index is 0.641. The molecule has 3 heterocycles. The van der Waals surface area contributed by atoms with E-state index in [1.807, 2.05) is 60.7 Å². The quantitative estimate of drug-likeness (QED) is 0.151. The normalized spacial score (nSPS) is 11.5. The summed E-state index contributed by atoms with van der Waals surface area (Å²) in [6.07, 6.45) is 0. The molecule has 9 aromatic carbocycles. The van der Waals surface area contributed by atoms with Gasteiger partial charge in [-0.15, -0.1) is 0 Å². The Balaban J connectivity index is 0.929. The fraction of sp³-hybridized carbons (Fsp3) is 0. The minimum Gasteiger partial charge on any atom is -0.309 e. The largest absolute Gasteiger partial charge is 0.309 e. The third-order valence-electron chi connectivity index (χ3n) is 12.0. The van der Waals surface area contributed by atoms with Crippen molar-refractivity contribution in [2.75, 3.05) is 0 Å². The van der Waals surface area contributed by atoms with Crippen LogP contribution in [0.3, 0.4) is 0 Å². The van der Waals surface area contributed by atoms with Gasteiger partial charge in [-0.25, -0.2) is 19.9 Å². The molecule has 0 unspecified atom stereocenters. The first-order valence-electron chi connectivity index (χ1n) is 21.2. The van der Waals surface area contributed by atoms with Crippen LogP contribution in [0.1, 0.15) is 0 Å². The number of rotatable bonds is 7. The van der Waals surface area contributed by atoms with Crippen molar-refractivity contribution in [2.45, 2.75) is 0 Å². The van der Waals surface area contributed by atoms with Crippen LogP contribution in [0.4, 0.5) is 0 Å². The van der Waals surface area contributed by atoms with Crippen LogP contribution in [0.2, 0.25) is 0 Å². The molecule has 5 heteroatoms. The molecule has 0 spiro atoms. The van der Waals surface area contributed by atoms with Gasteiger partial charge in [0, 0.05) is 49.5 Å². The van der Waals surface area contributed by atoms with E-state index in [4.69, 9.17) is 19.9 Å². The molecular formula is C58H37N5. The van der Waals surface area contributed by atoms with E-state index in [0.717, 1.165) is 77.7 Å². The highest BCUT2D eigenvalue weighted by Gasteiger charge is 2.19. The molecular weight excluding hydrogens is 767 g/mol. The van der Waals surface area contributed by atoms with Gasteiger partial charge >= 0.3 is 0 Å². The van der Waals surface area contributed by atoms with E-state index in [2.05, 4.69) is 168 Å². The van der Waals surface area contributed by atoms with Gasteiger partial charge in [0.05, 0.1) is 22.2 Å². The zero-order valence-corrected chi connectivity index (χ0v) is 34.1. The first-order valence-corrected chi connectivity index (χ1v) is 21.2. The van der Waals surface area contributed by atoms with Crippen molar-refractivity contribution in [3.63, 3.8) is 0 Å². The minimum atomic E-state index is 0.641. The topological polar surface area (TPSA) is 56.5 Å². The second-order valence-corrected chi connectivity index (χ2v) is 15.9. The molecule has 0 fully saturated rings. The van der Waals surface area contributed by atoms with Gasteiger partial charge in [0.25, 0.3) is 0 Å². The van der Waals surface area contributed by atoms with Gasteiger partial charge in [0.15, 0.2) is 17.5 Å². The van der Waals surface area contributed by atoms with Crippen molar-refractivity contribution in [3.05, 3.63) is 224 Å². The molecule has 63 heavy (non-hydrogen) atoms. The Hall–Kier alpha value is -8.54. The molecule has 0 aliphatic carbocycles. The Morgan fingerprint density at radius 3 is 1.29 bits per heavy atom. The molecule has 0 aliphatic rings. The third kappa shape index (κ3) is 6.51. The van der Waals surface area contributed by atoms with Crippen LogP contribution >= 0.6 is 0 Å². The molecule has 5 nitrogen and oxygen atoms in total. The molecule has 0 aliphatic heterocycles. The van der Waals surface area contributed by atoms with Crippen LogP contribution < -0.4 is 0 Å². The molecule has 294 valence electrons. The van der Waals surface area contributed by atoms with Crippen LogP contribution in [0, 0.1) is 0 Å². The number of pyridine rings is 1. The predicted octanol–water partition coefficient (Wildman–Crippen LogP) is 14.7. The summed E-state index contributed by atoms with van der Waals surface area (Å²) >= 11 is 0. The fourth-order valence-electron chi connectivity index (χ4n) is 8.92. The summed E-state index contributed by atoms with van der Waals surface area (Å²) < 4.78 is 2.42. The summed E-state index contributed by atoms with van der Waals surface area (Å²) in [5, 5.41) is 5.89. The number of hydrogen-bond donors (Lipinski definition) is 0. The maximum absolute atomic E-state index is 5.24. The van der Waals surface area contributed by atoms with Crippen LogP contribution in [0.25, 0.3) is 117 Å². The summed E-state index contributed by atoms with van der Waals surface area (Å²) in [7, 11) is 0. The van der Waals surface area contributed by atoms with Crippen LogP contribution in [0.5, 0.6) is 0 Å². The lowest BCUT2D eigenvalue weighted by atomic mass is 9.97. The number of benzene rings is 9. The lowest BCUT2D eigenvalue weighted by Gasteiger charge is -2.12. The highest BCUT2D eigenvalue weighted by molar-refractivity contribution is 6.20. The highest BCUT2D eigenvalue weighted by atomic mass is 15.0. The fourth-order valence-corrected chi connectivity index (χ4v) is 8.92. The van der Waals surface area contributed by atoms with Crippen molar-refractivity contribution in [3.8, 4) is 73.4 Å². The maximum Gasteiger partial charge on any atom is 0.164 e. The van der Waals surface area contributed by atoms with E-state index in [1.165, 1.54) is 21.7 Å². The summed E-state index contributed by atoms with van der Waals surface area (Å²) in [4.78, 5) is 19.9. The molecule has 12 rings (SSSR count). The standard InChI is InChI=1S/C58H37N5/c1-5-15-41(16-6-1)55-51-36-50-48-34-33-45(35-53(48)63(46-21-11-4-12-22-46)54(50)37-49(51)47-23-13-14-24-52(47)59-55)40-27-25-38(26-28-40)39-29-31-44(32-30-39)58-61-56(42-17-7-2-8-18-42)60-57(62-58)43-19-9-3-10-20-43/h1-37H. The van der Waals surface area contributed by atoms with E-state index in [0.29, 0.717) is 17.5 Å². The summed E-state index contributed by atoms with van der Waals surface area (Å²) in [6, 6.07) is 78.9. The summed E-state index contributed by atoms with van der Waals surface area (Å²) in [5.74, 6) is 1.94. The van der Waals surface area contributed by atoms with E-state index in [-0.39, 0.29) is 0 Å². The van der Waals surface area contributed by atoms with Crippen LogP contribution in [0.15, 0.2) is 224 Å². The summed E-state index contributed by atoms with van der Waals surface area (Å²) in [5.41, 5.74) is 14.0. The Bertz CT molecular complexity index is 3570. The predicted molar refractivity (Wildman–Crippen MR) is 260 cm³/mol. The second kappa shape index (κ2) is 15.2. The number of para-hydroxylation sites is 2. The Kier molecular flexibility index (Phi) is 8.75. The number of nitrogens with zero attached hydrogens (tertiary/aromatic N) is 5. The first-order chi connectivity index (χ1) is 31.2. The van der Waals surface area contributed by atoms with Gasteiger partial charge in [-0.3, -0.25) is 0 Å². The van der Waals surface area contributed by atoms with E-state index < -0.39 is 0 Å². The van der Waals surface area contributed by atoms with Gasteiger partial charge in [-0.05, 0) is 64.0 Å². The van der Waals surface area contributed by atoms with Crippen LogP contribution in [-0.2, 0) is 0 Å².